The van der Waals surface area contributed by atoms with Gasteiger partial charge in [-0.15, -0.1) is 0 Å². The van der Waals surface area contributed by atoms with Crippen molar-refractivity contribution in [1.82, 2.24) is 9.21 Å². The third-order valence-corrected chi connectivity index (χ3v) is 6.73. The number of rotatable bonds is 4. The number of sulfonamides is 1. The van der Waals surface area contributed by atoms with Crippen LogP contribution in [-0.4, -0.2) is 54.6 Å². The topological polar surface area (TPSA) is 101 Å². The zero-order valence-electron chi connectivity index (χ0n) is 15.7. The van der Waals surface area contributed by atoms with Gasteiger partial charge in [-0.05, 0) is 32.0 Å². The van der Waals surface area contributed by atoms with Crippen LogP contribution in [0.15, 0.2) is 47.4 Å². The third-order valence-electron chi connectivity index (χ3n) is 4.84. The first-order chi connectivity index (χ1) is 13.2. The SMILES string of the molecule is Cc1ccc(C(=O)N2CCN(S(=O)(=O)c3ccc(C)c([N+](=O)[O-])c3)CC2)cc1. The molecule has 0 aromatic heterocycles. The van der Waals surface area contributed by atoms with Gasteiger partial charge in [0.2, 0.25) is 10.0 Å². The second-order valence-corrected chi connectivity index (χ2v) is 8.71. The van der Waals surface area contributed by atoms with Crippen molar-refractivity contribution in [2.75, 3.05) is 26.2 Å². The van der Waals surface area contributed by atoms with Crippen LogP contribution in [0.5, 0.6) is 0 Å². The molecule has 0 spiro atoms. The van der Waals surface area contributed by atoms with E-state index in [9.17, 15) is 23.3 Å². The smallest absolute Gasteiger partial charge is 0.273 e. The van der Waals surface area contributed by atoms with Crippen molar-refractivity contribution in [3.63, 3.8) is 0 Å². The number of aryl methyl sites for hydroxylation is 2. The van der Waals surface area contributed by atoms with Crippen LogP contribution in [0.3, 0.4) is 0 Å². The molecule has 1 saturated heterocycles. The van der Waals surface area contributed by atoms with Gasteiger partial charge in [0.05, 0.1) is 9.82 Å². The maximum Gasteiger partial charge on any atom is 0.273 e. The van der Waals surface area contributed by atoms with Gasteiger partial charge in [0, 0.05) is 43.4 Å². The van der Waals surface area contributed by atoms with Gasteiger partial charge < -0.3 is 4.90 Å². The summed E-state index contributed by atoms with van der Waals surface area (Å²) >= 11 is 0. The summed E-state index contributed by atoms with van der Waals surface area (Å²) in [4.78, 5) is 24.6. The number of nitro groups is 1. The number of nitrogens with zero attached hydrogens (tertiary/aromatic N) is 3. The number of hydrogen-bond acceptors (Lipinski definition) is 5. The van der Waals surface area contributed by atoms with Crippen molar-refractivity contribution in [3.8, 4) is 0 Å². The van der Waals surface area contributed by atoms with E-state index < -0.39 is 14.9 Å². The molecule has 148 valence electrons. The summed E-state index contributed by atoms with van der Waals surface area (Å²) in [5.74, 6) is -0.136. The Labute approximate surface area is 163 Å². The minimum atomic E-state index is -3.86. The molecular formula is C19H21N3O5S. The zero-order chi connectivity index (χ0) is 20.5. The van der Waals surface area contributed by atoms with E-state index in [1.807, 2.05) is 19.1 Å². The van der Waals surface area contributed by atoms with E-state index in [0.29, 0.717) is 11.1 Å². The molecule has 0 radical (unpaired) electrons. The molecule has 0 unspecified atom stereocenters. The standard InChI is InChI=1S/C19H21N3O5S/c1-14-3-6-16(7-4-14)19(23)20-9-11-21(12-10-20)28(26,27)17-8-5-15(2)18(13-17)22(24)25/h3-8,13H,9-12H2,1-2H3. The molecule has 2 aromatic rings. The summed E-state index contributed by atoms with van der Waals surface area (Å²) in [7, 11) is -3.86. The summed E-state index contributed by atoms with van der Waals surface area (Å²) in [6.07, 6.45) is 0. The number of carbonyl (C=O) groups is 1. The summed E-state index contributed by atoms with van der Waals surface area (Å²) in [6, 6.07) is 11.1. The van der Waals surface area contributed by atoms with Gasteiger partial charge >= 0.3 is 0 Å². The van der Waals surface area contributed by atoms with E-state index in [1.165, 1.54) is 16.4 Å². The number of amides is 1. The molecule has 8 nitrogen and oxygen atoms in total. The molecule has 3 rings (SSSR count). The number of hydrogen-bond donors (Lipinski definition) is 0. The number of piperazine rings is 1. The molecule has 1 aliphatic heterocycles. The van der Waals surface area contributed by atoms with Gasteiger partial charge in [0.15, 0.2) is 0 Å². The molecule has 28 heavy (non-hydrogen) atoms. The lowest BCUT2D eigenvalue weighted by Crippen LogP contribution is -2.50. The van der Waals surface area contributed by atoms with Crippen LogP contribution in [0.1, 0.15) is 21.5 Å². The first kappa shape index (κ1) is 20.0. The third kappa shape index (κ3) is 3.90. The molecular weight excluding hydrogens is 382 g/mol. The minimum Gasteiger partial charge on any atom is -0.336 e. The molecule has 1 amide bonds. The van der Waals surface area contributed by atoms with Crippen LogP contribution in [0, 0.1) is 24.0 Å². The molecule has 0 atom stereocenters. The number of carbonyl (C=O) groups excluding carboxylic acids is 1. The first-order valence-electron chi connectivity index (χ1n) is 8.81. The Kier molecular flexibility index (Phi) is 5.48. The largest absolute Gasteiger partial charge is 0.336 e. The zero-order valence-corrected chi connectivity index (χ0v) is 16.5. The second kappa shape index (κ2) is 7.69. The predicted molar refractivity (Wildman–Crippen MR) is 104 cm³/mol. The van der Waals surface area contributed by atoms with E-state index in [4.69, 9.17) is 0 Å². The lowest BCUT2D eigenvalue weighted by Gasteiger charge is -2.34. The fourth-order valence-corrected chi connectivity index (χ4v) is 4.55. The van der Waals surface area contributed by atoms with Gasteiger partial charge in [-0.1, -0.05) is 23.8 Å². The van der Waals surface area contributed by atoms with Crippen LogP contribution in [0.25, 0.3) is 0 Å². The molecule has 1 fully saturated rings. The molecule has 2 aromatic carbocycles. The van der Waals surface area contributed by atoms with Crippen molar-refractivity contribution < 1.29 is 18.1 Å². The highest BCUT2D eigenvalue weighted by Crippen LogP contribution is 2.25. The van der Waals surface area contributed by atoms with E-state index in [0.717, 1.165) is 11.6 Å². The van der Waals surface area contributed by atoms with Crippen molar-refractivity contribution in [2.24, 2.45) is 0 Å². The Bertz CT molecular complexity index is 1010. The van der Waals surface area contributed by atoms with Crippen LogP contribution in [0.2, 0.25) is 0 Å². The van der Waals surface area contributed by atoms with Gasteiger partial charge in [-0.2, -0.15) is 4.31 Å². The van der Waals surface area contributed by atoms with Crippen molar-refractivity contribution >= 4 is 21.6 Å². The molecule has 0 N–H and O–H groups in total. The molecule has 1 heterocycles. The normalized spacial score (nSPS) is 15.4. The van der Waals surface area contributed by atoms with Crippen molar-refractivity contribution in [2.45, 2.75) is 18.7 Å². The summed E-state index contributed by atoms with van der Waals surface area (Å²) < 4.78 is 27.0. The highest BCUT2D eigenvalue weighted by molar-refractivity contribution is 7.89. The molecule has 0 bridgehead atoms. The maximum atomic E-state index is 12.9. The minimum absolute atomic E-state index is 0.108. The Balaban J connectivity index is 1.73. The molecule has 9 heteroatoms. The molecule has 0 aliphatic carbocycles. The van der Waals surface area contributed by atoms with Crippen LogP contribution in [0.4, 0.5) is 5.69 Å². The van der Waals surface area contributed by atoms with Gasteiger partial charge in [-0.3, -0.25) is 14.9 Å². The number of nitro benzene ring substituents is 1. The van der Waals surface area contributed by atoms with Crippen molar-refractivity contribution in [1.29, 1.82) is 0 Å². The lowest BCUT2D eigenvalue weighted by atomic mass is 10.1. The van der Waals surface area contributed by atoms with E-state index in [1.54, 1.807) is 24.0 Å². The predicted octanol–water partition coefficient (Wildman–Crippen LogP) is 2.36. The van der Waals surface area contributed by atoms with Crippen LogP contribution in [-0.2, 0) is 10.0 Å². The van der Waals surface area contributed by atoms with Gasteiger partial charge in [0.25, 0.3) is 11.6 Å². The van der Waals surface area contributed by atoms with Crippen molar-refractivity contribution in [3.05, 3.63) is 69.3 Å². The van der Waals surface area contributed by atoms with Gasteiger partial charge in [-0.25, -0.2) is 8.42 Å². The van der Waals surface area contributed by atoms with E-state index in [-0.39, 0.29) is 42.7 Å². The summed E-state index contributed by atoms with van der Waals surface area (Å²) in [5, 5.41) is 11.1. The molecule has 0 saturated carbocycles. The van der Waals surface area contributed by atoms with Gasteiger partial charge in [0.1, 0.15) is 0 Å². The fraction of sp³-hybridized carbons (Fsp3) is 0.316. The van der Waals surface area contributed by atoms with Crippen LogP contribution >= 0.6 is 0 Å². The Morgan fingerprint density at radius 2 is 1.61 bits per heavy atom. The monoisotopic (exact) mass is 403 g/mol. The fourth-order valence-electron chi connectivity index (χ4n) is 3.11. The van der Waals surface area contributed by atoms with E-state index in [2.05, 4.69) is 0 Å². The molecule has 1 aliphatic rings. The Hall–Kier alpha value is -2.78. The Morgan fingerprint density at radius 3 is 2.18 bits per heavy atom. The van der Waals surface area contributed by atoms with E-state index >= 15 is 0 Å². The highest BCUT2D eigenvalue weighted by Gasteiger charge is 2.31. The van der Waals surface area contributed by atoms with Crippen LogP contribution < -0.4 is 0 Å². The quantitative estimate of drug-likeness (QED) is 0.576. The number of benzene rings is 2. The first-order valence-corrected chi connectivity index (χ1v) is 10.3. The highest BCUT2D eigenvalue weighted by atomic mass is 32.2. The maximum absolute atomic E-state index is 12.9. The average Bonchev–Trinajstić information content (AvgIpc) is 2.68. The summed E-state index contributed by atoms with van der Waals surface area (Å²) in [6.45, 7) is 4.31. The lowest BCUT2D eigenvalue weighted by molar-refractivity contribution is -0.385. The summed E-state index contributed by atoms with van der Waals surface area (Å²) in [5.41, 5.74) is 1.79. The second-order valence-electron chi connectivity index (χ2n) is 6.77. The Morgan fingerprint density at radius 1 is 1.00 bits per heavy atom. The average molecular weight is 403 g/mol.